The van der Waals surface area contributed by atoms with E-state index in [4.69, 9.17) is 9.84 Å². The van der Waals surface area contributed by atoms with Gasteiger partial charge < -0.3 is 35.4 Å². The molecular weight excluding hydrogens is 380 g/mol. The van der Waals surface area contributed by atoms with Crippen molar-refractivity contribution in [3.63, 3.8) is 0 Å². The number of aliphatic hydroxyl groups is 1. The minimum atomic E-state index is -0.933. The predicted molar refractivity (Wildman–Crippen MR) is 104 cm³/mol. The topological polar surface area (TPSA) is 148 Å². The van der Waals surface area contributed by atoms with E-state index in [9.17, 15) is 30.3 Å². The molecule has 0 aliphatic carbocycles. The van der Waals surface area contributed by atoms with Crippen LogP contribution >= 0.6 is 0 Å². The quantitative estimate of drug-likeness (QED) is 0.328. The number of carbonyl (C=O) groups is 1. The summed E-state index contributed by atoms with van der Waals surface area (Å²) in [5.41, 5.74) is 0.894. The SMILES string of the molecule is CCCCCC(=O)O.Oc1cc(O)c2c(c1)O[C@H](c1ccc(O)c(O)c1)[C@@H](O)C2. The first-order valence-corrected chi connectivity index (χ1v) is 9.36. The summed E-state index contributed by atoms with van der Waals surface area (Å²) < 4.78 is 5.62. The number of aliphatic carboxylic acids is 1. The van der Waals surface area contributed by atoms with Crippen molar-refractivity contribution < 1.29 is 40.2 Å². The Balaban J connectivity index is 0.000000321. The second kappa shape index (κ2) is 9.88. The summed E-state index contributed by atoms with van der Waals surface area (Å²) in [5.74, 6) is -1.27. The molecule has 0 saturated carbocycles. The molecule has 8 heteroatoms. The van der Waals surface area contributed by atoms with Gasteiger partial charge in [-0.3, -0.25) is 4.79 Å². The Hall–Kier alpha value is -3.13. The van der Waals surface area contributed by atoms with Crippen LogP contribution in [0.1, 0.15) is 49.8 Å². The van der Waals surface area contributed by atoms with Gasteiger partial charge in [0.15, 0.2) is 11.5 Å². The Morgan fingerprint density at radius 1 is 1.03 bits per heavy atom. The van der Waals surface area contributed by atoms with Gasteiger partial charge in [-0.1, -0.05) is 25.8 Å². The van der Waals surface area contributed by atoms with Crippen molar-refractivity contribution in [2.45, 2.75) is 51.2 Å². The van der Waals surface area contributed by atoms with Crippen LogP contribution in [0.4, 0.5) is 0 Å². The number of phenolic OH excluding ortho intramolecular Hbond substituents is 4. The Bertz CT molecular complexity index is 849. The van der Waals surface area contributed by atoms with Gasteiger partial charge in [-0.05, 0) is 24.1 Å². The first kappa shape index (κ1) is 22.2. The average Bonchev–Trinajstić information content (AvgIpc) is 2.65. The molecule has 0 unspecified atom stereocenters. The molecule has 3 rings (SSSR count). The van der Waals surface area contributed by atoms with Crippen molar-refractivity contribution in [3.8, 4) is 28.7 Å². The van der Waals surface area contributed by atoms with Crippen molar-refractivity contribution in [3.05, 3.63) is 41.5 Å². The lowest BCUT2D eigenvalue weighted by molar-refractivity contribution is -0.137. The van der Waals surface area contributed by atoms with Crippen LogP contribution in [0.15, 0.2) is 30.3 Å². The lowest BCUT2D eigenvalue weighted by atomic mass is 9.94. The average molecular weight is 406 g/mol. The number of aromatic hydroxyl groups is 4. The number of ether oxygens (including phenoxy) is 1. The van der Waals surface area contributed by atoms with E-state index in [1.54, 1.807) is 0 Å². The highest BCUT2D eigenvalue weighted by molar-refractivity contribution is 5.66. The summed E-state index contributed by atoms with van der Waals surface area (Å²) in [6, 6.07) is 6.67. The van der Waals surface area contributed by atoms with Gasteiger partial charge in [0, 0.05) is 30.5 Å². The maximum Gasteiger partial charge on any atom is 0.303 e. The number of hydrogen-bond acceptors (Lipinski definition) is 7. The minimum Gasteiger partial charge on any atom is -0.508 e. The Morgan fingerprint density at radius 2 is 1.76 bits per heavy atom. The van der Waals surface area contributed by atoms with Crippen LogP contribution in [0.5, 0.6) is 28.7 Å². The first-order chi connectivity index (χ1) is 13.7. The predicted octanol–water partition coefficient (Wildman–Crippen LogP) is 3.20. The van der Waals surface area contributed by atoms with E-state index in [1.165, 1.54) is 30.3 Å². The van der Waals surface area contributed by atoms with Crippen molar-refractivity contribution in [1.82, 2.24) is 0 Å². The molecule has 1 aliphatic rings. The van der Waals surface area contributed by atoms with Crippen LogP contribution in [0.2, 0.25) is 0 Å². The molecule has 0 amide bonds. The van der Waals surface area contributed by atoms with Gasteiger partial charge in [0.2, 0.25) is 0 Å². The van der Waals surface area contributed by atoms with E-state index < -0.39 is 18.2 Å². The van der Waals surface area contributed by atoms with E-state index in [0.717, 1.165) is 19.3 Å². The zero-order valence-corrected chi connectivity index (χ0v) is 16.1. The standard InChI is InChI=1S/C15H14O6.C6H12O2/c16-8-4-11(18)9-6-13(20)15(21-14(9)5-8)7-1-2-10(17)12(19)3-7;1-2-3-4-5-6(7)8/h1-5,13,15-20H,6H2;2-5H2,1H3,(H,7,8)/t13-,15+;/m0./s1. The lowest BCUT2D eigenvalue weighted by Crippen LogP contribution is -2.30. The molecule has 158 valence electrons. The number of fused-ring (bicyclic) bond motifs is 1. The van der Waals surface area contributed by atoms with Crippen LogP contribution in [-0.2, 0) is 11.2 Å². The van der Waals surface area contributed by atoms with Gasteiger partial charge in [-0.15, -0.1) is 0 Å². The molecule has 0 aromatic heterocycles. The van der Waals surface area contributed by atoms with E-state index in [1.807, 2.05) is 0 Å². The van der Waals surface area contributed by atoms with Crippen molar-refractivity contribution in [1.29, 1.82) is 0 Å². The number of aliphatic hydroxyl groups excluding tert-OH is 1. The van der Waals surface area contributed by atoms with Gasteiger partial charge >= 0.3 is 5.97 Å². The van der Waals surface area contributed by atoms with Crippen LogP contribution in [-0.4, -0.2) is 42.7 Å². The molecule has 2 aromatic rings. The smallest absolute Gasteiger partial charge is 0.303 e. The molecule has 8 nitrogen and oxygen atoms in total. The highest BCUT2D eigenvalue weighted by Crippen LogP contribution is 2.42. The molecule has 0 saturated heterocycles. The van der Waals surface area contributed by atoms with E-state index in [2.05, 4.69) is 6.92 Å². The number of carboxylic acids is 1. The molecule has 2 atom stereocenters. The molecule has 0 radical (unpaired) electrons. The van der Waals surface area contributed by atoms with E-state index in [0.29, 0.717) is 17.5 Å². The van der Waals surface area contributed by atoms with Gasteiger partial charge in [0.05, 0.1) is 6.10 Å². The number of rotatable bonds is 5. The third-order valence-electron chi connectivity index (χ3n) is 4.51. The number of hydrogen-bond donors (Lipinski definition) is 6. The van der Waals surface area contributed by atoms with Crippen LogP contribution < -0.4 is 4.74 Å². The summed E-state index contributed by atoms with van der Waals surface area (Å²) in [4.78, 5) is 9.87. The fraction of sp³-hybridized carbons (Fsp3) is 0.381. The maximum absolute atomic E-state index is 10.2. The third kappa shape index (κ3) is 5.92. The number of carboxylic acid groups (broad SMARTS) is 1. The van der Waals surface area contributed by atoms with Crippen molar-refractivity contribution in [2.75, 3.05) is 0 Å². The fourth-order valence-electron chi connectivity index (χ4n) is 2.99. The number of benzene rings is 2. The molecule has 1 aliphatic heterocycles. The zero-order chi connectivity index (χ0) is 21.6. The second-order valence-corrected chi connectivity index (χ2v) is 6.85. The molecule has 29 heavy (non-hydrogen) atoms. The lowest BCUT2D eigenvalue weighted by Gasteiger charge is -2.31. The molecule has 1 heterocycles. The Kier molecular flexibility index (Phi) is 7.55. The largest absolute Gasteiger partial charge is 0.508 e. The third-order valence-corrected chi connectivity index (χ3v) is 4.51. The summed E-state index contributed by atoms with van der Waals surface area (Å²) in [5, 5.41) is 56.4. The van der Waals surface area contributed by atoms with Crippen molar-refractivity contribution >= 4 is 5.97 Å². The van der Waals surface area contributed by atoms with Crippen LogP contribution in [0.25, 0.3) is 0 Å². The highest BCUT2D eigenvalue weighted by Gasteiger charge is 2.32. The Labute approximate surface area is 168 Å². The minimum absolute atomic E-state index is 0.143. The molecule has 0 fully saturated rings. The molecule has 6 N–H and O–H groups in total. The fourth-order valence-corrected chi connectivity index (χ4v) is 2.99. The monoisotopic (exact) mass is 406 g/mol. The van der Waals surface area contributed by atoms with Gasteiger partial charge in [0.25, 0.3) is 0 Å². The highest BCUT2D eigenvalue weighted by atomic mass is 16.5. The Morgan fingerprint density at radius 3 is 2.38 bits per heavy atom. The first-order valence-electron chi connectivity index (χ1n) is 9.36. The number of unbranched alkanes of at least 4 members (excludes halogenated alkanes) is 2. The number of phenols is 4. The maximum atomic E-state index is 10.2. The van der Waals surface area contributed by atoms with Gasteiger partial charge in [0.1, 0.15) is 23.4 Å². The van der Waals surface area contributed by atoms with E-state index >= 15 is 0 Å². The summed E-state index contributed by atoms with van der Waals surface area (Å²) in [7, 11) is 0. The van der Waals surface area contributed by atoms with E-state index in [-0.39, 0.29) is 35.2 Å². The van der Waals surface area contributed by atoms with Crippen LogP contribution in [0, 0.1) is 0 Å². The van der Waals surface area contributed by atoms with Crippen LogP contribution in [0.3, 0.4) is 0 Å². The molecule has 0 spiro atoms. The summed E-state index contributed by atoms with van der Waals surface area (Å²) >= 11 is 0. The summed E-state index contributed by atoms with van der Waals surface area (Å²) in [6.45, 7) is 2.06. The second-order valence-electron chi connectivity index (χ2n) is 6.85. The molecule has 0 bridgehead atoms. The molecular formula is C21H26O8. The normalized spacial score (nSPS) is 17.4. The van der Waals surface area contributed by atoms with Gasteiger partial charge in [-0.25, -0.2) is 0 Å². The summed E-state index contributed by atoms with van der Waals surface area (Å²) in [6.07, 6.45) is 1.72. The zero-order valence-electron chi connectivity index (χ0n) is 16.1. The van der Waals surface area contributed by atoms with Crippen molar-refractivity contribution in [2.24, 2.45) is 0 Å². The molecule has 2 aromatic carbocycles. The van der Waals surface area contributed by atoms with Gasteiger partial charge in [-0.2, -0.15) is 0 Å².